The minimum Gasteiger partial charge on any atom is -0.333 e. The van der Waals surface area contributed by atoms with Crippen molar-refractivity contribution in [2.75, 3.05) is 5.32 Å². The standard InChI is InChI=1S/C18H20FN5OS/c1-11(2)24-16(8-9-21-24)23-17(25)12(3)26-18-20-10-15(22-18)13-4-6-14(19)7-5-13/h4-12H,1-3H3,(H,20,22)(H,23,25). The molecule has 3 aromatic rings. The van der Waals surface area contributed by atoms with Crippen LogP contribution in [0.5, 0.6) is 0 Å². The van der Waals surface area contributed by atoms with Crippen LogP contribution < -0.4 is 5.32 Å². The summed E-state index contributed by atoms with van der Waals surface area (Å²) >= 11 is 1.32. The van der Waals surface area contributed by atoms with Gasteiger partial charge in [-0.15, -0.1) is 0 Å². The van der Waals surface area contributed by atoms with Crippen LogP contribution in [0.3, 0.4) is 0 Å². The Hall–Kier alpha value is -2.61. The van der Waals surface area contributed by atoms with Gasteiger partial charge in [0.05, 0.1) is 23.3 Å². The van der Waals surface area contributed by atoms with Crippen molar-refractivity contribution >= 4 is 23.5 Å². The first-order chi connectivity index (χ1) is 12.4. The smallest absolute Gasteiger partial charge is 0.238 e. The van der Waals surface area contributed by atoms with E-state index in [0.717, 1.165) is 11.3 Å². The summed E-state index contributed by atoms with van der Waals surface area (Å²) in [5.41, 5.74) is 1.61. The van der Waals surface area contributed by atoms with E-state index in [9.17, 15) is 9.18 Å². The highest BCUT2D eigenvalue weighted by Crippen LogP contribution is 2.25. The zero-order valence-corrected chi connectivity index (χ0v) is 15.5. The normalized spacial score (nSPS) is 12.3. The van der Waals surface area contributed by atoms with Crippen molar-refractivity contribution in [1.29, 1.82) is 0 Å². The van der Waals surface area contributed by atoms with Gasteiger partial charge in [0, 0.05) is 12.1 Å². The number of aromatic amines is 1. The first-order valence-electron chi connectivity index (χ1n) is 8.26. The fraction of sp³-hybridized carbons (Fsp3) is 0.278. The first kappa shape index (κ1) is 18.2. The summed E-state index contributed by atoms with van der Waals surface area (Å²) in [5, 5.41) is 7.38. The zero-order chi connectivity index (χ0) is 18.7. The summed E-state index contributed by atoms with van der Waals surface area (Å²) < 4.78 is 14.8. The van der Waals surface area contributed by atoms with Crippen LogP contribution in [0.4, 0.5) is 10.2 Å². The highest BCUT2D eigenvalue weighted by molar-refractivity contribution is 8.00. The number of carbonyl (C=O) groups excluding carboxylic acids is 1. The molecule has 0 fully saturated rings. The molecule has 8 heteroatoms. The summed E-state index contributed by atoms with van der Waals surface area (Å²) in [4.78, 5) is 19.9. The van der Waals surface area contributed by atoms with Crippen LogP contribution in [0.2, 0.25) is 0 Å². The number of hydrogen-bond acceptors (Lipinski definition) is 4. The van der Waals surface area contributed by atoms with Crippen molar-refractivity contribution in [2.45, 2.75) is 37.2 Å². The second-order valence-corrected chi connectivity index (χ2v) is 7.44. The van der Waals surface area contributed by atoms with Crippen molar-refractivity contribution < 1.29 is 9.18 Å². The molecule has 3 rings (SSSR count). The van der Waals surface area contributed by atoms with Crippen LogP contribution in [0.1, 0.15) is 26.8 Å². The molecule has 1 aromatic carbocycles. The summed E-state index contributed by atoms with van der Waals surface area (Å²) in [5.74, 6) is 0.259. The monoisotopic (exact) mass is 373 g/mol. The molecule has 0 spiro atoms. The number of rotatable bonds is 6. The van der Waals surface area contributed by atoms with Crippen LogP contribution in [-0.2, 0) is 4.79 Å². The van der Waals surface area contributed by atoms with Gasteiger partial charge in [-0.3, -0.25) is 4.79 Å². The zero-order valence-electron chi connectivity index (χ0n) is 14.7. The fourth-order valence-electron chi connectivity index (χ4n) is 2.41. The molecule has 6 nitrogen and oxygen atoms in total. The van der Waals surface area contributed by atoms with Gasteiger partial charge in [-0.25, -0.2) is 14.1 Å². The number of amides is 1. The van der Waals surface area contributed by atoms with Crippen molar-refractivity contribution in [1.82, 2.24) is 19.7 Å². The predicted molar refractivity (Wildman–Crippen MR) is 101 cm³/mol. The van der Waals surface area contributed by atoms with Gasteiger partial charge in [-0.2, -0.15) is 5.10 Å². The molecule has 1 atom stereocenters. The van der Waals surface area contributed by atoms with Crippen LogP contribution >= 0.6 is 11.8 Å². The number of aromatic nitrogens is 4. The van der Waals surface area contributed by atoms with E-state index in [2.05, 4.69) is 20.4 Å². The van der Waals surface area contributed by atoms with Crippen LogP contribution in [0.15, 0.2) is 47.9 Å². The molecule has 2 N–H and O–H groups in total. The molecule has 2 heterocycles. The number of nitrogens with one attached hydrogen (secondary N) is 2. The van der Waals surface area contributed by atoms with E-state index in [1.54, 1.807) is 35.3 Å². The number of H-pyrrole nitrogens is 1. The Bertz CT molecular complexity index is 887. The average molecular weight is 373 g/mol. The fourth-order valence-corrected chi connectivity index (χ4v) is 3.20. The van der Waals surface area contributed by atoms with Gasteiger partial charge in [0.1, 0.15) is 11.6 Å². The molecule has 0 saturated carbocycles. The number of benzene rings is 1. The number of halogens is 1. The molecular weight excluding hydrogens is 353 g/mol. The topological polar surface area (TPSA) is 75.6 Å². The third-order valence-corrected chi connectivity index (χ3v) is 4.77. The van der Waals surface area contributed by atoms with Gasteiger partial charge in [0.25, 0.3) is 0 Å². The molecule has 1 amide bonds. The number of thioether (sulfide) groups is 1. The second-order valence-electron chi connectivity index (χ2n) is 6.11. The van der Waals surface area contributed by atoms with Crippen molar-refractivity contribution in [3.05, 3.63) is 48.5 Å². The first-order valence-corrected chi connectivity index (χ1v) is 9.14. The van der Waals surface area contributed by atoms with Gasteiger partial charge in [0.15, 0.2) is 5.16 Å². The summed E-state index contributed by atoms with van der Waals surface area (Å²) in [6.07, 6.45) is 3.34. The maximum absolute atomic E-state index is 13.0. The van der Waals surface area contributed by atoms with Gasteiger partial charge in [-0.1, -0.05) is 11.8 Å². The maximum atomic E-state index is 13.0. The van der Waals surface area contributed by atoms with Crippen molar-refractivity contribution in [2.24, 2.45) is 0 Å². The lowest BCUT2D eigenvalue weighted by molar-refractivity contribution is -0.115. The molecule has 0 aliphatic rings. The molecule has 1 unspecified atom stereocenters. The molecule has 0 bridgehead atoms. The molecule has 0 aliphatic heterocycles. The Balaban J connectivity index is 1.64. The van der Waals surface area contributed by atoms with Crippen LogP contribution in [-0.4, -0.2) is 30.9 Å². The van der Waals surface area contributed by atoms with E-state index >= 15 is 0 Å². The number of anilines is 1. The van der Waals surface area contributed by atoms with E-state index < -0.39 is 0 Å². The number of nitrogens with zero attached hydrogens (tertiary/aromatic N) is 3. The van der Waals surface area contributed by atoms with Gasteiger partial charge in [-0.05, 0) is 50.6 Å². The van der Waals surface area contributed by atoms with E-state index in [1.807, 2.05) is 20.8 Å². The second kappa shape index (κ2) is 7.74. The van der Waals surface area contributed by atoms with Crippen LogP contribution in [0.25, 0.3) is 11.3 Å². The summed E-state index contributed by atoms with van der Waals surface area (Å²) in [7, 11) is 0. The predicted octanol–water partition coefficient (Wildman–Crippen LogP) is 4.11. The highest BCUT2D eigenvalue weighted by atomic mass is 32.2. The van der Waals surface area contributed by atoms with E-state index in [0.29, 0.717) is 11.0 Å². The largest absolute Gasteiger partial charge is 0.333 e. The third kappa shape index (κ3) is 4.13. The van der Waals surface area contributed by atoms with E-state index in [4.69, 9.17) is 0 Å². The summed E-state index contributed by atoms with van der Waals surface area (Å²) in [6, 6.07) is 8.09. The Kier molecular flexibility index (Phi) is 5.41. The third-order valence-electron chi connectivity index (χ3n) is 3.78. The Labute approximate surface area is 155 Å². The lowest BCUT2D eigenvalue weighted by atomic mass is 10.2. The molecule has 0 saturated heterocycles. The van der Waals surface area contributed by atoms with Gasteiger partial charge in [0.2, 0.25) is 5.91 Å². The molecule has 2 aromatic heterocycles. The SMILES string of the molecule is CC(Sc1ncc(-c2ccc(F)cc2)[nH]1)C(=O)Nc1ccnn1C(C)C. The highest BCUT2D eigenvalue weighted by Gasteiger charge is 2.18. The summed E-state index contributed by atoms with van der Waals surface area (Å²) in [6.45, 7) is 5.82. The maximum Gasteiger partial charge on any atom is 0.238 e. The Morgan fingerprint density at radius 2 is 1.96 bits per heavy atom. The molecule has 26 heavy (non-hydrogen) atoms. The van der Waals surface area contributed by atoms with Crippen LogP contribution in [0, 0.1) is 5.82 Å². The van der Waals surface area contributed by atoms with E-state index in [-0.39, 0.29) is 23.0 Å². The van der Waals surface area contributed by atoms with Crippen molar-refractivity contribution in [3.63, 3.8) is 0 Å². The minimum absolute atomic E-state index is 0.128. The van der Waals surface area contributed by atoms with E-state index in [1.165, 1.54) is 23.9 Å². The molecule has 0 radical (unpaired) electrons. The van der Waals surface area contributed by atoms with Gasteiger partial charge < -0.3 is 10.3 Å². The molecule has 136 valence electrons. The minimum atomic E-state index is -0.349. The van der Waals surface area contributed by atoms with Gasteiger partial charge >= 0.3 is 0 Å². The average Bonchev–Trinajstić information content (AvgIpc) is 3.25. The lowest BCUT2D eigenvalue weighted by Gasteiger charge is -2.14. The molecule has 0 aliphatic carbocycles. The molecular formula is C18H20FN5OS. The Morgan fingerprint density at radius 3 is 2.65 bits per heavy atom. The Morgan fingerprint density at radius 1 is 1.23 bits per heavy atom. The lowest BCUT2D eigenvalue weighted by Crippen LogP contribution is -2.24. The number of imidazole rings is 1. The quantitative estimate of drug-likeness (QED) is 0.638. The number of carbonyl (C=O) groups is 1. The number of hydrogen-bond donors (Lipinski definition) is 2. The van der Waals surface area contributed by atoms with Crippen molar-refractivity contribution in [3.8, 4) is 11.3 Å².